The van der Waals surface area contributed by atoms with Crippen molar-refractivity contribution in [1.82, 2.24) is 4.57 Å². The summed E-state index contributed by atoms with van der Waals surface area (Å²) in [5.74, 6) is 0. The fourth-order valence-corrected chi connectivity index (χ4v) is 8.07. The third kappa shape index (κ3) is 3.73. The Kier molecular flexibility index (Phi) is 5.38. The molecule has 0 radical (unpaired) electrons. The van der Waals surface area contributed by atoms with Gasteiger partial charge in [-0.3, -0.25) is 0 Å². The first-order valence-corrected chi connectivity index (χ1v) is 16.7. The SMILES string of the molecule is c1ccc(-c2cc(-c3ccccc3)cc(-n3c4ccccc4c4c5oc6ccccc6c5c5c(ccc6oc7ccccc7c65)c43)c2)cc1. The lowest BCUT2D eigenvalue weighted by molar-refractivity contribution is 0.669. The Morgan fingerprint density at radius 3 is 1.61 bits per heavy atom. The van der Waals surface area contributed by atoms with Gasteiger partial charge >= 0.3 is 0 Å². The average molecular weight is 626 g/mol. The van der Waals surface area contributed by atoms with E-state index in [0.29, 0.717) is 0 Å². The van der Waals surface area contributed by atoms with Gasteiger partial charge in [0, 0.05) is 43.4 Å². The van der Waals surface area contributed by atoms with Crippen LogP contribution in [0.15, 0.2) is 173 Å². The molecule has 3 heterocycles. The Labute approximate surface area is 280 Å². The highest BCUT2D eigenvalue weighted by atomic mass is 16.3. The molecule has 0 fully saturated rings. The molecule has 0 N–H and O–H groups in total. The van der Waals surface area contributed by atoms with E-state index in [4.69, 9.17) is 8.83 Å². The van der Waals surface area contributed by atoms with Crippen LogP contribution < -0.4 is 0 Å². The maximum Gasteiger partial charge on any atom is 0.146 e. The summed E-state index contributed by atoms with van der Waals surface area (Å²) in [5, 5.41) is 9.05. The van der Waals surface area contributed by atoms with E-state index in [-0.39, 0.29) is 0 Å². The summed E-state index contributed by atoms with van der Waals surface area (Å²) in [6.45, 7) is 0. The van der Waals surface area contributed by atoms with Crippen molar-refractivity contribution in [2.45, 2.75) is 0 Å². The van der Waals surface area contributed by atoms with Crippen LogP contribution in [0.25, 0.3) is 104 Å². The summed E-state index contributed by atoms with van der Waals surface area (Å²) in [6, 6.07) is 58.2. The topological polar surface area (TPSA) is 31.2 Å². The number of hydrogen-bond donors (Lipinski definition) is 0. The summed E-state index contributed by atoms with van der Waals surface area (Å²) in [5.41, 5.74) is 11.6. The molecule has 0 aliphatic heterocycles. The van der Waals surface area contributed by atoms with Crippen LogP contribution in [-0.2, 0) is 0 Å². The van der Waals surface area contributed by atoms with Crippen molar-refractivity contribution in [2.24, 2.45) is 0 Å². The number of hydrogen-bond acceptors (Lipinski definition) is 2. The minimum absolute atomic E-state index is 0.875. The first kappa shape index (κ1) is 26.5. The maximum absolute atomic E-state index is 6.91. The van der Waals surface area contributed by atoms with E-state index >= 15 is 0 Å². The minimum atomic E-state index is 0.875. The average Bonchev–Trinajstić information content (AvgIpc) is 3.85. The van der Waals surface area contributed by atoms with Gasteiger partial charge in [0.1, 0.15) is 22.3 Å². The maximum atomic E-state index is 6.91. The van der Waals surface area contributed by atoms with Crippen molar-refractivity contribution in [3.05, 3.63) is 164 Å². The van der Waals surface area contributed by atoms with Gasteiger partial charge in [0.2, 0.25) is 0 Å². The molecule has 8 aromatic carbocycles. The van der Waals surface area contributed by atoms with Crippen LogP contribution in [0, 0.1) is 0 Å². The van der Waals surface area contributed by atoms with E-state index in [9.17, 15) is 0 Å². The van der Waals surface area contributed by atoms with Gasteiger partial charge in [-0.05, 0) is 70.8 Å². The van der Waals surface area contributed by atoms with E-state index in [1.54, 1.807) is 0 Å². The number of rotatable bonds is 3. The van der Waals surface area contributed by atoms with Crippen molar-refractivity contribution < 1.29 is 8.83 Å². The summed E-state index contributed by atoms with van der Waals surface area (Å²) in [7, 11) is 0. The second-order valence-electron chi connectivity index (χ2n) is 12.8. The van der Waals surface area contributed by atoms with Crippen molar-refractivity contribution in [1.29, 1.82) is 0 Å². The molecule has 0 atom stereocenters. The van der Waals surface area contributed by atoms with Gasteiger partial charge in [0.05, 0.1) is 16.4 Å². The lowest BCUT2D eigenvalue weighted by Gasteiger charge is -2.15. The summed E-state index contributed by atoms with van der Waals surface area (Å²) < 4.78 is 15.8. The normalized spacial score (nSPS) is 12.1. The predicted octanol–water partition coefficient (Wildman–Crippen LogP) is 13.1. The van der Waals surface area contributed by atoms with Crippen LogP contribution in [0.1, 0.15) is 0 Å². The summed E-state index contributed by atoms with van der Waals surface area (Å²) >= 11 is 0. The third-order valence-corrected chi connectivity index (χ3v) is 10.1. The smallest absolute Gasteiger partial charge is 0.146 e. The van der Waals surface area contributed by atoms with Gasteiger partial charge in [0.15, 0.2) is 0 Å². The number of para-hydroxylation sites is 3. The molecule has 3 nitrogen and oxygen atoms in total. The molecule has 11 aromatic rings. The monoisotopic (exact) mass is 625 g/mol. The molecule has 0 amide bonds. The van der Waals surface area contributed by atoms with Crippen LogP contribution in [-0.4, -0.2) is 4.57 Å². The molecule has 0 aliphatic carbocycles. The van der Waals surface area contributed by atoms with Crippen LogP contribution in [0.3, 0.4) is 0 Å². The van der Waals surface area contributed by atoms with Gasteiger partial charge in [-0.25, -0.2) is 0 Å². The molecule has 0 saturated heterocycles. The zero-order valence-corrected chi connectivity index (χ0v) is 26.4. The quantitative estimate of drug-likeness (QED) is 0.196. The second kappa shape index (κ2) is 9.96. The van der Waals surface area contributed by atoms with Crippen LogP contribution in [0.5, 0.6) is 0 Å². The van der Waals surface area contributed by atoms with Crippen LogP contribution in [0.4, 0.5) is 0 Å². The standard InChI is InChI=1S/C46H27NO2/c1-3-13-28(14-4-1)30-25-31(29-15-5-2-6-16-29)27-32(26-30)47-37-20-10-7-17-33(37)44-45(47)36-23-24-40-41(34-18-8-11-21-38(34)48-40)42(36)43-35-19-9-12-22-39(35)49-46(43)44/h1-27H. The fraction of sp³-hybridized carbons (Fsp3) is 0. The third-order valence-electron chi connectivity index (χ3n) is 10.1. The molecule has 3 heteroatoms. The van der Waals surface area contributed by atoms with Gasteiger partial charge < -0.3 is 13.4 Å². The van der Waals surface area contributed by atoms with E-state index in [1.807, 2.05) is 6.07 Å². The molecular weight excluding hydrogens is 599 g/mol. The summed E-state index contributed by atoms with van der Waals surface area (Å²) in [6.07, 6.45) is 0. The minimum Gasteiger partial charge on any atom is -0.456 e. The zero-order valence-electron chi connectivity index (χ0n) is 26.4. The molecule has 11 rings (SSSR count). The number of aromatic nitrogens is 1. The fourth-order valence-electron chi connectivity index (χ4n) is 8.07. The Hall–Kier alpha value is -6.58. The summed E-state index contributed by atoms with van der Waals surface area (Å²) in [4.78, 5) is 0. The van der Waals surface area contributed by atoms with E-state index in [2.05, 4.69) is 162 Å². The first-order chi connectivity index (χ1) is 24.3. The molecule has 228 valence electrons. The molecular formula is C46H27NO2. The van der Waals surface area contributed by atoms with Gasteiger partial charge in [0.25, 0.3) is 0 Å². The van der Waals surface area contributed by atoms with E-state index in [1.165, 1.54) is 22.3 Å². The van der Waals surface area contributed by atoms with Crippen LogP contribution in [0.2, 0.25) is 0 Å². The van der Waals surface area contributed by atoms with Gasteiger partial charge in [-0.15, -0.1) is 0 Å². The molecule has 0 saturated carbocycles. The van der Waals surface area contributed by atoms with Crippen molar-refractivity contribution >= 4 is 76.5 Å². The second-order valence-corrected chi connectivity index (χ2v) is 12.8. The highest BCUT2D eigenvalue weighted by Gasteiger charge is 2.25. The Bertz CT molecular complexity index is 3030. The van der Waals surface area contributed by atoms with Crippen molar-refractivity contribution in [2.75, 3.05) is 0 Å². The van der Waals surface area contributed by atoms with Gasteiger partial charge in [-0.1, -0.05) is 115 Å². The largest absolute Gasteiger partial charge is 0.456 e. The molecule has 0 spiro atoms. The molecule has 0 aliphatic rings. The first-order valence-electron chi connectivity index (χ1n) is 16.7. The number of fused-ring (bicyclic) bond motifs is 14. The zero-order chi connectivity index (χ0) is 32.1. The predicted molar refractivity (Wildman–Crippen MR) is 204 cm³/mol. The highest BCUT2D eigenvalue weighted by molar-refractivity contribution is 6.40. The molecule has 0 bridgehead atoms. The molecule has 49 heavy (non-hydrogen) atoms. The molecule has 0 unspecified atom stereocenters. The van der Waals surface area contributed by atoms with Crippen molar-refractivity contribution in [3.8, 4) is 27.9 Å². The van der Waals surface area contributed by atoms with Crippen LogP contribution >= 0.6 is 0 Å². The Morgan fingerprint density at radius 1 is 0.347 bits per heavy atom. The number of furan rings is 2. The number of benzene rings is 8. The van der Waals surface area contributed by atoms with Gasteiger partial charge in [-0.2, -0.15) is 0 Å². The Balaban J connectivity index is 1.39. The van der Waals surface area contributed by atoms with Crippen molar-refractivity contribution in [3.63, 3.8) is 0 Å². The van der Waals surface area contributed by atoms with E-state index in [0.717, 1.165) is 82.1 Å². The number of nitrogens with zero attached hydrogens (tertiary/aromatic N) is 1. The van der Waals surface area contributed by atoms with E-state index < -0.39 is 0 Å². The highest BCUT2D eigenvalue weighted by Crippen LogP contribution is 2.49. The molecule has 3 aromatic heterocycles. The lowest BCUT2D eigenvalue weighted by Crippen LogP contribution is -1.97. The lowest BCUT2D eigenvalue weighted by atomic mass is 9.95. The Morgan fingerprint density at radius 2 is 0.918 bits per heavy atom.